The number of rotatable bonds is 7. The number of fused-ring (bicyclic) bond motifs is 1. The van der Waals surface area contributed by atoms with E-state index in [1.165, 1.54) is 0 Å². The van der Waals surface area contributed by atoms with Gasteiger partial charge in [-0.05, 0) is 65.1 Å². The van der Waals surface area contributed by atoms with Gasteiger partial charge in [0.25, 0.3) is 0 Å². The number of nitrogens with one attached hydrogen (secondary N) is 1. The lowest BCUT2D eigenvalue weighted by molar-refractivity contribution is 0.266. The van der Waals surface area contributed by atoms with E-state index in [2.05, 4.69) is 41.4 Å². The van der Waals surface area contributed by atoms with Crippen LogP contribution in [-0.4, -0.2) is 40.7 Å². The molecule has 2 rings (SSSR count). The number of aromatic nitrogens is 2. The summed E-state index contributed by atoms with van der Waals surface area (Å²) in [6.45, 7) is 9.07. The Bertz CT molecular complexity index is 644. The molecule has 0 amide bonds. The lowest BCUT2D eigenvalue weighted by Crippen LogP contribution is -2.27. The molecule has 1 heterocycles. The largest absolute Gasteiger partial charge is 0.492 e. The summed E-state index contributed by atoms with van der Waals surface area (Å²) in [6, 6.07) is 6.67. The first-order valence-electron chi connectivity index (χ1n) is 7.59. The number of aryl methyl sites for hydroxylation is 1. The van der Waals surface area contributed by atoms with Crippen molar-refractivity contribution >= 4 is 23.3 Å². The number of nitrogens with zero attached hydrogens (tertiary/aromatic N) is 2. The molecule has 1 aromatic carbocycles. The standard InChI is InChI=1S/C16H25N3OS/c1-5-20-14-9-6-8-13-15(14)17-16(21)19(13)11-7-10-18(4)12(2)3/h6,8-9,12H,5,7,10-11H2,1-4H3,(H,17,21). The van der Waals surface area contributed by atoms with Gasteiger partial charge in [0, 0.05) is 12.6 Å². The van der Waals surface area contributed by atoms with Gasteiger partial charge < -0.3 is 19.2 Å². The summed E-state index contributed by atoms with van der Waals surface area (Å²) in [6.07, 6.45) is 1.08. The van der Waals surface area contributed by atoms with Crippen LogP contribution in [0.2, 0.25) is 0 Å². The molecule has 1 N–H and O–H groups in total. The molecule has 0 saturated carbocycles. The highest BCUT2D eigenvalue weighted by Crippen LogP contribution is 2.25. The molecule has 0 atom stereocenters. The molecule has 0 fully saturated rings. The summed E-state index contributed by atoms with van der Waals surface area (Å²) in [4.78, 5) is 5.63. The van der Waals surface area contributed by atoms with E-state index in [1.807, 2.05) is 19.1 Å². The van der Waals surface area contributed by atoms with E-state index in [1.54, 1.807) is 0 Å². The van der Waals surface area contributed by atoms with Crippen LogP contribution >= 0.6 is 12.2 Å². The number of H-pyrrole nitrogens is 1. The van der Waals surface area contributed by atoms with Crippen molar-refractivity contribution in [2.24, 2.45) is 0 Å². The molecule has 21 heavy (non-hydrogen) atoms. The van der Waals surface area contributed by atoms with Crippen molar-refractivity contribution in [3.05, 3.63) is 23.0 Å². The second-order valence-corrected chi connectivity index (χ2v) is 5.98. The van der Waals surface area contributed by atoms with E-state index >= 15 is 0 Å². The van der Waals surface area contributed by atoms with Crippen LogP contribution in [0.15, 0.2) is 18.2 Å². The first-order valence-corrected chi connectivity index (χ1v) is 8.00. The van der Waals surface area contributed by atoms with E-state index < -0.39 is 0 Å². The minimum atomic E-state index is 0.575. The summed E-state index contributed by atoms with van der Waals surface area (Å²) < 4.78 is 8.60. The van der Waals surface area contributed by atoms with Gasteiger partial charge in [0.05, 0.1) is 12.1 Å². The van der Waals surface area contributed by atoms with Crippen molar-refractivity contribution in [2.45, 2.75) is 39.8 Å². The zero-order chi connectivity index (χ0) is 15.4. The third-order valence-corrected chi connectivity index (χ3v) is 4.17. The van der Waals surface area contributed by atoms with Gasteiger partial charge in [0.15, 0.2) is 4.77 Å². The second-order valence-electron chi connectivity index (χ2n) is 5.59. The SMILES string of the molecule is CCOc1cccc2c1[nH]c(=S)n2CCCN(C)C(C)C. The van der Waals surface area contributed by atoms with E-state index in [9.17, 15) is 0 Å². The Kier molecular flexibility index (Phi) is 5.42. The molecule has 0 aliphatic rings. The highest BCUT2D eigenvalue weighted by molar-refractivity contribution is 7.71. The summed E-state index contributed by atoms with van der Waals surface area (Å²) in [5, 5.41) is 0. The molecule has 0 radical (unpaired) electrons. The normalized spacial score (nSPS) is 11.7. The van der Waals surface area contributed by atoms with Crippen LogP contribution in [-0.2, 0) is 6.54 Å². The van der Waals surface area contributed by atoms with Crippen LogP contribution in [0.25, 0.3) is 11.0 Å². The van der Waals surface area contributed by atoms with E-state index in [4.69, 9.17) is 17.0 Å². The molecule has 2 aromatic rings. The Morgan fingerprint density at radius 1 is 1.38 bits per heavy atom. The molecule has 5 heteroatoms. The Morgan fingerprint density at radius 2 is 2.14 bits per heavy atom. The molecule has 0 spiro atoms. The Labute approximate surface area is 131 Å². The van der Waals surface area contributed by atoms with Crippen LogP contribution in [0.1, 0.15) is 27.2 Å². The maximum atomic E-state index is 5.66. The summed E-state index contributed by atoms with van der Waals surface area (Å²) in [7, 11) is 2.16. The molecule has 0 aliphatic heterocycles. The number of ether oxygens (including phenoxy) is 1. The number of benzene rings is 1. The Hall–Kier alpha value is -1.33. The predicted molar refractivity (Wildman–Crippen MR) is 90.7 cm³/mol. The van der Waals surface area contributed by atoms with Gasteiger partial charge in [-0.1, -0.05) is 6.07 Å². The molecular formula is C16H25N3OS. The molecular weight excluding hydrogens is 282 g/mol. The lowest BCUT2D eigenvalue weighted by Gasteiger charge is -2.20. The fourth-order valence-electron chi connectivity index (χ4n) is 2.39. The number of hydrogen-bond donors (Lipinski definition) is 1. The molecule has 0 saturated heterocycles. The zero-order valence-corrected chi connectivity index (χ0v) is 14.2. The van der Waals surface area contributed by atoms with Crippen molar-refractivity contribution in [2.75, 3.05) is 20.2 Å². The first kappa shape index (κ1) is 16.0. The maximum Gasteiger partial charge on any atom is 0.178 e. The van der Waals surface area contributed by atoms with Crippen LogP contribution in [0, 0.1) is 4.77 Å². The van der Waals surface area contributed by atoms with Crippen LogP contribution in [0.3, 0.4) is 0 Å². The average Bonchev–Trinajstić information content (AvgIpc) is 2.76. The van der Waals surface area contributed by atoms with Gasteiger partial charge in [0.1, 0.15) is 11.3 Å². The molecule has 0 aliphatic carbocycles. The average molecular weight is 307 g/mol. The summed E-state index contributed by atoms with van der Waals surface area (Å²) in [5.74, 6) is 0.874. The highest BCUT2D eigenvalue weighted by Gasteiger charge is 2.09. The molecule has 116 valence electrons. The fraction of sp³-hybridized carbons (Fsp3) is 0.562. The predicted octanol–water partition coefficient (Wildman–Crippen LogP) is 3.83. The molecule has 4 nitrogen and oxygen atoms in total. The molecule has 1 aromatic heterocycles. The van der Waals surface area contributed by atoms with Crippen LogP contribution < -0.4 is 4.74 Å². The van der Waals surface area contributed by atoms with Gasteiger partial charge in [0.2, 0.25) is 0 Å². The third-order valence-electron chi connectivity index (χ3n) is 3.85. The van der Waals surface area contributed by atoms with Crippen molar-refractivity contribution in [3.63, 3.8) is 0 Å². The highest BCUT2D eigenvalue weighted by atomic mass is 32.1. The van der Waals surface area contributed by atoms with E-state index in [0.717, 1.165) is 41.1 Å². The lowest BCUT2D eigenvalue weighted by atomic mass is 10.2. The number of aromatic amines is 1. The number of para-hydroxylation sites is 1. The van der Waals surface area contributed by atoms with Crippen molar-refractivity contribution in [1.29, 1.82) is 0 Å². The fourth-order valence-corrected chi connectivity index (χ4v) is 2.68. The third kappa shape index (κ3) is 3.66. The summed E-state index contributed by atoms with van der Waals surface area (Å²) in [5.41, 5.74) is 2.12. The zero-order valence-electron chi connectivity index (χ0n) is 13.3. The number of hydrogen-bond acceptors (Lipinski definition) is 3. The monoisotopic (exact) mass is 307 g/mol. The van der Waals surface area contributed by atoms with Crippen LogP contribution in [0.5, 0.6) is 5.75 Å². The van der Waals surface area contributed by atoms with E-state index in [0.29, 0.717) is 12.6 Å². The second kappa shape index (κ2) is 7.09. The van der Waals surface area contributed by atoms with Crippen molar-refractivity contribution in [3.8, 4) is 5.75 Å². The number of imidazole rings is 1. The minimum absolute atomic E-state index is 0.575. The smallest absolute Gasteiger partial charge is 0.178 e. The summed E-state index contributed by atoms with van der Waals surface area (Å²) >= 11 is 5.47. The topological polar surface area (TPSA) is 33.2 Å². The Balaban J connectivity index is 2.19. The van der Waals surface area contributed by atoms with Crippen molar-refractivity contribution in [1.82, 2.24) is 14.5 Å². The minimum Gasteiger partial charge on any atom is -0.492 e. The van der Waals surface area contributed by atoms with Gasteiger partial charge in [-0.25, -0.2) is 0 Å². The maximum absolute atomic E-state index is 5.66. The molecule has 0 bridgehead atoms. The van der Waals surface area contributed by atoms with Gasteiger partial charge in [-0.15, -0.1) is 0 Å². The quantitative estimate of drug-likeness (QED) is 0.789. The van der Waals surface area contributed by atoms with Gasteiger partial charge >= 0.3 is 0 Å². The first-order chi connectivity index (χ1) is 10.0. The van der Waals surface area contributed by atoms with E-state index in [-0.39, 0.29) is 0 Å². The van der Waals surface area contributed by atoms with Crippen LogP contribution in [0.4, 0.5) is 0 Å². The van der Waals surface area contributed by atoms with Gasteiger partial charge in [-0.2, -0.15) is 0 Å². The van der Waals surface area contributed by atoms with Crippen molar-refractivity contribution < 1.29 is 4.74 Å². The Morgan fingerprint density at radius 3 is 2.81 bits per heavy atom. The van der Waals surface area contributed by atoms with Gasteiger partial charge in [-0.3, -0.25) is 0 Å². The molecule has 0 unspecified atom stereocenters.